The highest BCUT2D eigenvalue weighted by molar-refractivity contribution is 7.25. The molecule has 0 saturated heterocycles. The molecule has 0 aromatic rings. The third kappa shape index (κ3) is 10.9. The molecule has 106 valence electrons. The minimum atomic E-state index is -1.51. The molecule has 18 heavy (non-hydrogen) atoms. The topological polar surface area (TPSA) is 0 Å². The van der Waals surface area contributed by atoms with Crippen molar-refractivity contribution < 1.29 is 0 Å². The molecule has 0 aliphatic heterocycles. The van der Waals surface area contributed by atoms with Crippen LogP contribution in [0.15, 0.2) is 0 Å². The summed E-state index contributed by atoms with van der Waals surface area (Å²) in [6.07, 6.45) is 0. The van der Waals surface area contributed by atoms with Gasteiger partial charge in [-0.25, -0.2) is 0 Å². The molecule has 0 spiro atoms. The van der Waals surface area contributed by atoms with Crippen LogP contribution in [0.25, 0.3) is 0 Å². The van der Waals surface area contributed by atoms with Gasteiger partial charge < -0.3 is 0 Å². The van der Waals surface area contributed by atoms with E-state index in [-0.39, 0.29) is 0 Å². The van der Waals surface area contributed by atoms with Crippen molar-refractivity contribution in [3.8, 4) is 11.1 Å². The van der Waals surface area contributed by atoms with Crippen molar-refractivity contribution in [3.05, 3.63) is 0 Å². The Bertz CT molecular complexity index is 308. The Morgan fingerprint density at radius 1 is 0.611 bits per heavy atom. The first-order valence-corrected chi connectivity index (χ1v) is 21.4. The van der Waals surface area contributed by atoms with Crippen LogP contribution in [0.5, 0.6) is 0 Å². The van der Waals surface area contributed by atoms with Gasteiger partial charge in [0.2, 0.25) is 0 Å². The summed E-state index contributed by atoms with van der Waals surface area (Å²) in [7, 11) is -5.91. The Labute approximate surface area is 127 Å². The molecule has 0 bridgehead atoms. The Kier molecular flexibility index (Phi) is 6.54. The predicted octanol–water partition coefficient (Wildman–Crippen LogP) is 5.45. The zero-order chi connectivity index (χ0) is 14.8. The van der Waals surface area contributed by atoms with Gasteiger partial charge in [-0.1, -0.05) is 52.4 Å². The molecule has 0 saturated carbocycles. The average molecular weight is 356 g/mol. The van der Waals surface area contributed by atoms with Gasteiger partial charge in [-0.05, 0) is 11.3 Å². The van der Waals surface area contributed by atoms with E-state index in [4.69, 9.17) is 22.2 Å². The highest BCUT2D eigenvalue weighted by Gasteiger charge is 2.32. The van der Waals surface area contributed by atoms with Crippen molar-refractivity contribution in [3.63, 3.8) is 0 Å². The molecular weight excluding hydrogens is 327 g/mol. The van der Waals surface area contributed by atoms with Crippen LogP contribution in [0, 0.1) is 11.1 Å². The molecular formula is C12H28Cl2Si4. The zero-order valence-electron chi connectivity index (χ0n) is 13.2. The highest BCUT2D eigenvalue weighted by atomic mass is 35.6. The van der Waals surface area contributed by atoms with Gasteiger partial charge in [0.1, 0.15) is 30.9 Å². The largest absolute Gasteiger partial charge is 0.168 e. The van der Waals surface area contributed by atoms with Gasteiger partial charge in [0.05, 0.1) is 0 Å². The van der Waals surface area contributed by atoms with E-state index in [0.29, 0.717) is 0 Å². The van der Waals surface area contributed by atoms with Crippen LogP contribution in [0.1, 0.15) is 0 Å². The third-order valence-electron chi connectivity index (χ3n) is 2.46. The van der Waals surface area contributed by atoms with E-state index >= 15 is 0 Å². The zero-order valence-corrected chi connectivity index (χ0v) is 18.7. The van der Waals surface area contributed by atoms with E-state index < -0.39 is 30.9 Å². The van der Waals surface area contributed by atoms with Gasteiger partial charge in [0, 0.05) is 0 Å². The second-order valence-corrected chi connectivity index (χ2v) is 31.7. The molecule has 0 aliphatic carbocycles. The number of rotatable bonds is 4. The molecule has 0 heterocycles. The Morgan fingerprint density at radius 2 is 0.833 bits per heavy atom. The number of halogens is 2. The second-order valence-electron chi connectivity index (χ2n) is 7.81. The molecule has 0 N–H and O–H groups in total. The number of hydrogen-bond acceptors (Lipinski definition) is 0. The number of hydrogen-bond donors (Lipinski definition) is 0. The SMILES string of the molecule is C[Si](C)(Cl)C[Si](C)(C)C#C[Si](C)(C)C[Si](C)(C)Cl. The summed E-state index contributed by atoms with van der Waals surface area (Å²) in [5, 5.41) is 0. The molecule has 0 unspecified atom stereocenters. The Hall–Kier alpha value is 1.01. The average Bonchev–Trinajstić information content (AvgIpc) is 1.91. The summed E-state index contributed by atoms with van der Waals surface area (Å²) < 4.78 is 0. The maximum absolute atomic E-state index is 6.48. The lowest BCUT2D eigenvalue weighted by Gasteiger charge is -2.25. The van der Waals surface area contributed by atoms with Crippen LogP contribution in [0.4, 0.5) is 0 Å². The molecule has 0 amide bonds. The van der Waals surface area contributed by atoms with Crippen LogP contribution < -0.4 is 0 Å². The van der Waals surface area contributed by atoms with Crippen molar-refractivity contribution in [1.29, 1.82) is 0 Å². The van der Waals surface area contributed by atoms with E-state index in [0.717, 1.165) is 0 Å². The van der Waals surface area contributed by atoms with Crippen LogP contribution >= 0.6 is 22.2 Å². The molecule has 0 nitrogen and oxygen atoms in total. The monoisotopic (exact) mass is 354 g/mol. The van der Waals surface area contributed by atoms with Gasteiger partial charge in [0.15, 0.2) is 0 Å². The van der Waals surface area contributed by atoms with Crippen LogP contribution in [-0.4, -0.2) is 30.9 Å². The lowest BCUT2D eigenvalue weighted by molar-refractivity contribution is 1.62. The first-order valence-electron chi connectivity index (χ1n) is 6.54. The van der Waals surface area contributed by atoms with E-state index in [1.54, 1.807) is 0 Å². The van der Waals surface area contributed by atoms with Gasteiger partial charge in [0.25, 0.3) is 0 Å². The van der Waals surface area contributed by atoms with Crippen LogP contribution in [0.3, 0.4) is 0 Å². The smallest absolute Gasteiger partial charge is 0.148 e. The van der Waals surface area contributed by atoms with Gasteiger partial charge >= 0.3 is 0 Å². The van der Waals surface area contributed by atoms with E-state index in [2.05, 4.69) is 63.5 Å². The fourth-order valence-corrected chi connectivity index (χ4v) is 28.8. The Morgan fingerprint density at radius 3 is 1.00 bits per heavy atom. The molecule has 0 atom stereocenters. The highest BCUT2D eigenvalue weighted by Crippen LogP contribution is 2.24. The summed E-state index contributed by atoms with van der Waals surface area (Å²) in [6, 6.07) is 0. The first kappa shape index (κ1) is 19.0. The molecule has 0 rings (SSSR count). The molecule has 0 aromatic carbocycles. The minimum absolute atomic E-state index is 1.18. The quantitative estimate of drug-likeness (QED) is 0.357. The molecule has 0 radical (unpaired) electrons. The maximum Gasteiger partial charge on any atom is 0.148 e. The standard InChI is InChI=1S/C12H28Cl2Si4/c1-15(2,11-17(5,6)13)9-10-16(3,4)12-18(7,8)14/h11-12H2,1-8H3. The summed E-state index contributed by atoms with van der Waals surface area (Å²) in [5.74, 6) is 0. The van der Waals surface area contributed by atoms with Crippen LogP contribution in [0.2, 0.25) is 63.7 Å². The van der Waals surface area contributed by atoms with Crippen molar-refractivity contribution in [2.45, 2.75) is 63.7 Å². The lowest BCUT2D eigenvalue weighted by Crippen LogP contribution is -2.38. The van der Waals surface area contributed by atoms with E-state index in [1.165, 1.54) is 11.3 Å². The van der Waals surface area contributed by atoms with Crippen molar-refractivity contribution in [2.75, 3.05) is 0 Å². The fourth-order valence-electron chi connectivity index (χ4n) is 2.53. The third-order valence-corrected chi connectivity index (χ3v) is 20.5. The Balaban J connectivity index is 4.84. The minimum Gasteiger partial charge on any atom is -0.168 e. The molecule has 6 heteroatoms. The first-order chi connectivity index (χ1) is 7.62. The summed E-state index contributed by atoms with van der Waals surface area (Å²) in [4.78, 5) is 0. The van der Waals surface area contributed by atoms with E-state index in [1.807, 2.05) is 0 Å². The molecule has 0 aromatic heterocycles. The van der Waals surface area contributed by atoms with Crippen molar-refractivity contribution in [1.82, 2.24) is 0 Å². The van der Waals surface area contributed by atoms with Gasteiger partial charge in [-0.3, -0.25) is 0 Å². The predicted molar refractivity (Wildman–Crippen MR) is 99.0 cm³/mol. The summed E-state index contributed by atoms with van der Waals surface area (Å²) in [6.45, 7) is 18.3. The summed E-state index contributed by atoms with van der Waals surface area (Å²) >= 11 is 13.0. The lowest BCUT2D eigenvalue weighted by atomic mass is 11.4. The summed E-state index contributed by atoms with van der Waals surface area (Å²) in [5.41, 5.74) is 9.65. The van der Waals surface area contributed by atoms with Gasteiger partial charge in [-0.2, -0.15) is 22.2 Å². The molecule has 0 aliphatic rings. The fraction of sp³-hybridized carbons (Fsp3) is 0.833. The van der Waals surface area contributed by atoms with Crippen molar-refractivity contribution in [2.24, 2.45) is 0 Å². The second kappa shape index (κ2) is 6.19. The maximum atomic E-state index is 6.48. The van der Waals surface area contributed by atoms with Crippen molar-refractivity contribution >= 4 is 53.1 Å². The van der Waals surface area contributed by atoms with Crippen LogP contribution in [-0.2, 0) is 0 Å². The normalized spacial score (nSPS) is 14.1. The van der Waals surface area contributed by atoms with Gasteiger partial charge in [-0.15, -0.1) is 11.1 Å². The van der Waals surface area contributed by atoms with E-state index in [9.17, 15) is 0 Å². The molecule has 0 fully saturated rings.